The van der Waals surface area contributed by atoms with Gasteiger partial charge in [-0.25, -0.2) is 9.18 Å². The number of nitrogens with zero attached hydrogens (tertiary/aromatic N) is 1. The Bertz CT molecular complexity index is 571. The van der Waals surface area contributed by atoms with Crippen LogP contribution in [-0.2, 0) is 11.3 Å². The van der Waals surface area contributed by atoms with E-state index in [2.05, 4.69) is 0 Å². The van der Waals surface area contributed by atoms with Crippen molar-refractivity contribution < 1.29 is 19.3 Å². The molecule has 0 aliphatic carbocycles. The first-order valence-electron chi connectivity index (χ1n) is 5.62. The third-order valence-electron chi connectivity index (χ3n) is 3.01. The highest BCUT2D eigenvalue weighted by Gasteiger charge is 2.45. The molecule has 5 N–H and O–H groups in total. The number of aliphatic hydroxyl groups is 2. The van der Waals surface area contributed by atoms with Gasteiger partial charge in [-0.15, -0.1) is 0 Å². The zero-order chi connectivity index (χ0) is 14.2. The van der Waals surface area contributed by atoms with Gasteiger partial charge in [0.05, 0.1) is 6.61 Å². The van der Waals surface area contributed by atoms with E-state index in [0.29, 0.717) is 0 Å². The highest BCUT2D eigenvalue weighted by molar-refractivity contribution is 5.05. The van der Waals surface area contributed by atoms with Gasteiger partial charge in [0.2, 0.25) is 0 Å². The van der Waals surface area contributed by atoms with E-state index in [1.165, 1.54) is 0 Å². The number of aromatic nitrogens is 2. The fourth-order valence-corrected chi connectivity index (χ4v) is 1.94. The summed E-state index contributed by atoms with van der Waals surface area (Å²) in [6.07, 6.45) is -4.89. The van der Waals surface area contributed by atoms with E-state index in [0.717, 1.165) is 10.8 Å². The number of hydrogen-bond acceptors (Lipinski definition) is 6. The Kier molecular flexibility index (Phi) is 3.80. The van der Waals surface area contributed by atoms with Gasteiger partial charge in [0.1, 0.15) is 12.2 Å². The van der Waals surface area contributed by atoms with Crippen LogP contribution in [0.1, 0.15) is 11.8 Å². The van der Waals surface area contributed by atoms with Crippen molar-refractivity contribution in [2.75, 3.05) is 6.61 Å². The molecule has 0 spiro atoms. The normalized spacial score (nSPS) is 30.7. The molecule has 2 heterocycles. The maximum Gasteiger partial charge on any atom is 0.330 e. The van der Waals surface area contributed by atoms with Crippen LogP contribution in [0.4, 0.5) is 4.39 Å². The first kappa shape index (κ1) is 13.9. The SMILES string of the molecule is NCc1cn([C@@H]2O[C@H](CO)C(O)[C@@H]2F)c(=O)[nH]c1=O. The summed E-state index contributed by atoms with van der Waals surface area (Å²) in [5.74, 6) is 0. The molecule has 9 heteroatoms. The highest BCUT2D eigenvalue weighted by Crippen LogP contribution is 2.30. The molecule has 1 aliphatic heterocycles. The van der Waals surface area contributed by atoms with Gasteiger partial charge < -0.3 is 20.7 Å². The predicted molar refractivity (Wildman–Crippen MR) is 61.1 cm³/mol. The lowest BCUT2D eigenvalue weighted by Gasteiger charge is -2.16. The molecule has 1 aliphatic rings. The Hall–Kier alpha value is -1.55. The molecule has 106 valence electrons. The Labute approximate surface area is 106 Å². The Morgan fingerprint density at radius 2 is 2.21 bits per heavy atom. The third-order valence-corrected chi connectivity index (χ3v) is 3.01. The van der Waals surface area contributed by atoms with Crippen molar-refractivity contribution >= 4 is 0 Å². The maximum absolute atomic E-state index is 13.9. The lowest BCUT2D eigenvalue weighted by atomic mass is 10.1. The van der Waals surface area contributed by atoms with E-state index in [1.807, 2.05) is 4.98 Å². The van der Waals surface area contributed by atoms with Crippen LogP contribution in [0.15, 0.2) is 15.8 Å². The van der Waals surface area contributed by atoms with E-state index >= 15 is 0 Å². The number of aromatic amines is 1. The number of nitrogens with two attached hydrogens (primary N) is 1. The molecule has 1 saturated heterocycles. The van der Waals surface area contributed by atoms with Crippen LogP contribution in [0, 0.1) is 0 Å². The fourth-order valence-electron chi connectivity index (χ4n) is 1.94. The smallest absolute Gasteiger partial charge is 0.330 e. The number of ether oxygens (including phenoxy) is 1. The molecule has 2 rings (SSSR count). The van der Waals surface area contributed by atoms with E-state index in [-0.39, 0.29) is 12.1 Å². The second kappa shape index (κ2) is 5.21. The second-order valence-electron chi connectivity index (χ2n) is 4.21. The molecule has 8 nitrogen and oxygen atoms in total. The average Bonchev–Trinajstić information content (AvgIpc) is 2.67. The Morgan fingerprint density at radius 1 is 1.53 bits per heavy atom. The van der Waals surface area contributed by atoms with Gasteiger partial charge in [-0.05, 0) is 0 Å². The van der Waals surface area contributed by atoms with E-state index in [9.17, 15) is 19.1 Å². The second-order valence-corrected chi connectivity index (χ2v) is 4.21. The summed E-state index contributed by atoms with van der Waals surface area (Å²) in [4.78, 5) is 24.9. The maximum atomic E-state index is 13.9. The summed E-state index contributed by atoms with van der Waals surface area (Å²) in [6, 6.07) is 0. The molecule has 0 bridgehead atoms. The van der Waals surface area contributed by atoms with Crippen molar-refractivity contribution in [3.8, 4) is 0 Å². The number of aliphatic hydroxyl groups excluding tert-OH is 2. The number of alkyl halides is 1. The molecule has 19 heavy (non-hydrogen) atoms. The first-order chi connectivity index (χ1) is 8.99. The topological polar surface area (TPSA) is 131 Å². The van der Waals surface area contributed by atoms with Gasteiger partial charge in [-0.3, -0.25) is 14.3 Å². The fraction of sp³-hybridized carbons (Fsp3) is 0.600. The highest BCUT2D eigenvalue weighted by atomic mass is 19.1. The molecular weight excluding hydrogens is 261 g/mol. The summed E-state index contributed by atoms with van der Waals surface area (Å²) in [5, 5.41) is 18.4. The Morgan fingerprint density at radius 3 is 2.74 bits per heavy atom. The number of nitrogens with one attached hydrogen (secondary N) is 1. The number of rotatable bonds is 3. The summed E-state index contributed by atoms with van der Waals surface area (Å²) in [5.41, 5.74) is 3.87. The zero-order valence-electron chi connectivity index (χ0n) is 9.82. The van der Waals surface area contributed by atoms with E-state index < -0.39 is 42.5 Å². The van der Waals surface area contributed by atoms with Gasteiger partial charge in [0.25, 0.3) is 5.56 Å². The standard InChI is InChI=1S/C10H14FN3O5/c11-6-7(16)5(3-15)19-9(6)14-2-4(1-12)8(17)13-10(14)18/h2,5-7,9,15-16H,1,3,12H2,(H,13,17,18)/t5-,6+,7?,9-/m1/s1. The molecular formula is C10H14FN3O5. The summed E-state index contributed by atoms with van der Waals surface area (Å²) in [6.45, 7) is -0.717. The van der Waals surface area contributed by atoms with Crippen LogP contribution in [0.5, 0.6) is 0 Å². The van der Waals surface area contributed by atoms with Crippen molar-refractivity contribution in [2.24, 2.45) is 5.73 Å². The van der Waals surface area contributed by atoms with Gasteiger partial charge in [-0.2, -0.15) is 0 Å². The first-order valence-corrected chi connectivity index (χ1v) is 5.62. The van der Waals surface area contributed by atoms with Crippen LogP contribution in [0.3, 0.4) is 0 Å². The molecule has 0 amide bonds. The van der Waals surface area contributed by atoms with Gasteiger partial charge >= 0.3 is 5.69 Å². The third kappa shape index (κ3) is 2.32. The molecule has 1 aromatic rings. The lowest BCUT2D eigenvalue weighted by molar-refractivity contribution is -0.0492. The van der Waals surface area contributed by atoms with Gasteiger partial charge in [-0.1, -0.05) is 0 Å². The molecule has 1 aromatic heterocycles. The molecule has 1 fully saturated rings. The van der Waals surface area contributed by atoms with Gasteiger partial charge in [0.15, 0.2) is 12.4 Å². The number of H-pyrrole nitrogens is 1. The number of hydrogen-bond donors (Lipinski definition) is 4. The van der Waals surface area contributed by atoms with Crippen molar-refractivity contribution in [3.05, 3.63) is 32.6 Å². The molecule has 0 radical (unpaired) electrons. The minimum atomic E-state index is -1.90. The summed E-state index contributed by atoms with van der Waals surface area (Å²) in [7, 11) is 0. The molecule has 0 aromatic carbocycles. The minimum absolute atomic E-state index is 0.0809. The lowest BCUT2D eigenvalue weighted by Crippen LogP contribution is -2.37. The average molecular weight is 275 g/mol. The van der Waals surface area contributed by atoms with Gasteiger partial charge in [0, 0.05) is 18.3 Å². The van der Waals surface area contributed by atoms with Crippen molar-refractivity contribution in [2.45, 2.75) is 31.2 Å². The molecule has 1 unspecified atom stereocenters. The van der Waals surface area contributed by atoms with E-state index in [1.54, 1.807) is 0 Å². The largest absolute Gasteiger partial charge is 0.394 e. The monoisotopic (exact) mass is 275 g/mol. The molecule has 0 saturated carbocycles. The van der Waals surface area contributed by atoms with Crippen LogP contribution in [-0.4, -0.2) is 44.8 Å². The van der Waals surface area contributed by atoms with Crippen LogP contribution >= 0.6 is 0 Å². The predicted octanol–water partition coefficient (Wildman–Crippen LogP) is -2.42. The molecule has 4 atom stereocenters. The summed E-state index contributed by atoms with van der Waals surface area (Å²) >= 11 is 0. The van der Waals surface area contributed by atoms with E-state index in [4.69, 9.17) is 15.6 Å². The Balaban J connectivity index is 2.43. The van der Waals surface area contributed by atoms with Crippen molar-refractivity contribution in [1.82, 2.24) is 9.55 Å². The van der Waals surface area contributed by atoms with Crippen molar-refractivity contribution in [3.63, 3.8) is 0 Å². The van der Waals surface area contributed by atoms with Crippen molar-refractivity contribution in [1.29, 1.82) is 0 Å². The zero-order valence-corrected chi connectivity index (χ0v) is 9.82. The van der Waals surface area contributed by atoms with Crippen LogP contribution in [0.2, 0.25) is 0 Å². The minimum Gasteiger partial charge on any atom is -0.394 e. The number of halogens is 1. The van der Waals surface area contributed by atoms with Crippen LogP contribution in [0.25, 0.3) is 0 Å². The summed E-state index contributed by atoms with van der Waals surface area (Å²) < 4.78 is 19.7. The quantitative estimate of drug-likeness (QED) is 0.486. The van der Waals surface area contributed by atoms with Crippen LogP contribution < -0.4 is 17.0 Å².